The van der Waals surface area contributed by atoms with Crippen molar-refractivity contribution in [2.24, 2.45) is 0 Å². The molecule has 0 saturated carbocycles. The van der Waals surface area contributed by atoms with Crippen LogP contribution in [0.1, 0.15) is 60.2 Å². The van der Waals surface area contributed by atoms with Crippen LogP contribution in [0, 0.1) is 0 Å². The van der Waals surface area contributed by atoms with Crippen LogP contribution in [0.25, 0.3) is 0 Å². The second-order valence-electron chi connectivity index (χ2n) is 4.95. The largest absolute Gasteiger partial charge is 0.385 e. The van der Waals surface area contributed by atoms with Crippen LogP contribution in [0.2, 0.25) is 0 Å². The summed E-state index contributed by atoms with van der Waals surface area (Å²) in [5.74, 6) is 0.162. The molecule has 1 amide bonds. The Morgan fingerprint density at radius 2 is 1.89 bits per heavy atom. The van der Waals surface area contributed by atoms with Gasteiger partial charge in [0, 0.05) is 34.7 Å². The van der Waals surface area contributed by atoms with Crippen LogP contribution < -0.4 is 5.32 Å². The molecule has 4 heteroatoms. The van der Waals surface area contributed by atoms with Crippen molar-refractivity contribution in [3.8, 4) is 0 Å². The molecule has 0 spiro atoms. The number of hydrogen-bond donors (Lipinski definition) is 1. The van der Waals surface area contributed by atoms with Crippen LogP contribution >= 0.6 is 0 Å². The standard InChI is InChI=1S/C15H31NO3.H2/c1-4-14(2)19-13-9-6-10-15(17)16-11-7-5-8-12-18-3;/h14H,4-13H2,1-3H3,(H,16,17);1H. The average molecular weight is 275 g/mol. The fourth-order valence-corrected chi connectivity index (χ4v) is 1.65. The lowest BCUT2D eigenvalue weighted by molar-refractivity contribution is -0.121. The zero-order valence-corrected chi connectivity index (χ0v) is 12.9. The first-order valence-electron chi connectivity index (χ1n) is 7.58. The minimum absolute atomic E-state index is 0. The Hall–Kier alpha value is -0.610. The molecular weight excluding hydrogens is 242 g/mol. The summed E-state index contributed by atoms with van der Waals surface area (Å²) in [6, 6.07) is 0. The Bertz CT molecular complexity index is 215. The van der Waals surface area contributed by atoms with Crippen molar-refractivity contribution in [1.82, 2.24) is 5.32 Å². The Labute approximate surface area is 119 Å². The topological polar surface area (TPSA) is 47.6 Å². The lowest BCUT2D eigenvalue weighted by atomic mass is 10.2. The average Bonchev–Trinajstić information content (AvgIpc) is 2.42. The van der Waals surface area contributed by atoms with Crippen molar-refractivity contribution in [2.75, 3.05) is 26.9 Å². The van der Waals surface area contributed by atoms with Gasteiger partial charge in [-0.1, -0.05) is 6.92 Å². The zero-order valence-electron chi connectivity index (χ0n) is 12.9. The fourth-order valence-electron chi connectivity index (χ4n) is 1.65. The van der Waals surface area contributed by atoms with E-state index in [1.807, 2.05) is 0 Å². The fraction of sp³-hybridized carbons (Fsp3) is 0.933. The van der Waals surface area contributed by atoms with Gasteiger partial charge in [-0.05, 0) is 45.4 Å². The highest BCUT2D eigenvalue weighted by atomic mass is 16.5. The quantitative estimate of drug-likeness (QED) is 0.525. The van der Waals surface area contributed by atoms with E-state index in [1.54, 1.807) is 7.11 Å². The van der Waals surface area contributed by atoms with E-state index in [0.717, 1.165) is 58.3 Å². The number of carbonyl (C=O) groups is 1. The third-order valence-electron chi connectivity index (χ3n) is 3.12. The van der Waals surface area contributed by atoms with Crippen molar-refractivity contribution in [3.63, 3.8) is 0 Å². The van der Waals surface area contributed by atoms with Crippen LogP contribution in [-0.4, -0.2) is 38.9 Å². The molecule has 0 fully saturated rings. The second-order valence-corrected chi connectivity index (χ2v) is 4.95. The molecule has 4 nitrogen and oxygen atoms in total. The molecular formula is C15H33NO3. The maximum atomic E-state index is 11.5. The molecule has 0 aliphatic heterocycles. The van der Waals surface area contributed by atoms with E-state index in [0.29, 0.717) is 12.5 Å². The molecule has 0 bridgehead atoms. The van der Waals surface area contributed by atoms with Gasteiger partial charge in [0.05, 0.1) is 6.10 Å². The van der Waals surface area contributed by atoms with Gasteiger partial charge in [0.2, 0.25) is 5.91 Å². The first kappa shape index (κ1) is 18.4. The summed E-state index contributed by atoms with van der Waals surface area (Å²) in [6.45, 7) is 6.55. The van der Waals surface area contributed by atoms with Crippen molar-refractivity contribution in [2.45, 2.75) is 64.9 Å². The molecule has 0 radical (unpaired) electrons. The number of nitrogens with one attached hydrogen (secondary N) is 1. The first-order chi connectivity index (χ1) is 9.20. The van der Waals surface area contributed by atoms with Gasteiger partial charge < -0.3 is 14.8 Å². The summed E-state index contributed by atoms with van der Waals surface area (Å²) in [5, 5.41) is 2.95. The van der Waals surface area contributed by atoms with Gasteiger partial charge in [-0.25, -0.2) is 0 Å². The first-order valence-corrected chi connectivity index (χ1v) is 7.58. The van der Waals surface area contributed by atoms with E-state index < -0.39 is 0 Å². The van der Waals surface area contributed by atoms with E-state index in [-0.39, 0.29) is 7.33 Å². The molecule has 1 atom stereocenters. The van der Waals surface area contributed by atoms with Crippen LogP contribution in [0.3, 0.4) is 0 Å². The number of hydrogen-bond acceptors (Lipinski definition) is 3. The summed E-state index contributed by atoms with van der Waals surface area (Å²) >= 11 is 0. The lowest BCUT2D eigenvalue weighted by Crippen LogP contribution is -2.24. The normalized spacial score (nSPS) is 12.4. The number of ether oxygens (including phenoxy) is 2. The van der Waals surface area contributed by atoms with Crippen molar-refractivity contribution >= 4 is 5.91 Å². The Kier molecular flexibility index (Phi) is 13.4. The molecule has 0 aliphatic carbocycles. The summed E-state index contributed by atoms with van der Waals surface area (Å²) in [7, 11) is 1.72. The van der Waals surface area contributed by atoms with Crippen LogP contribution in [-0.2, 0) is 14.3 Å². The van der Waals surface area contributed by atoms with Gasteiger partial charge >= 0.3 is 0 Å². The number of amides is 1. The van der Waals surface area contributed by atoms with E-state index >= 15 is 0 Å². The van der Waals surface area contributed by atoms with Crippen LogP contribution in [0.4, 0.5) is 0 Å². The highest BCUT2D eigenvalue weighted by Gasteiger charge is 2.01. The predicted octanol–water partition coefficient (Wildman–Crippen LogP) is 3.15. The molecule has 19 heavy (non-hydrogen) atoms. The number of unbranched alkanes of at least 4 members (excludes halogenated alkanes) is 3. The lowest BCUT2D eigenvalue weighted by Gasteiger charge is -2.10. The number of carbonyl (C=O) groups excluding carboxylic acids is 1. The molecule has 0 aromatic carbocycles. The number of methoxy groups -OCH3 is 1. The minimum atomic E-state index is 0. The second kappa shape index (κ2) is 13.8. The third-order valence-corrected chi connectivity index (χ3v) is 3.12. The van der Waals surface area contributed by atoms with E-state index in [2.05, 4.69) is 19.2 Å². The van der Waals surface area contributed by atoms with Gasteiger partial charge in [0.15, 0.2) is 0 Å². The maximum absolute atomic E-state index is 11.5. The van der Waals surface area contributed by atoms with Gasteiger partial charge in [-0.2, -0.15) is 0 Å². The predicted molar refractivity (Wildman–Crippen MR) is 80.4 cm³/mol. The molecule has 0 aliphatic rings. The highest BCUT2D eigenvalue weighted by Crippen LogP contribution is 2.01. The summed E-state index contributed by atoms with van der Waals surface area (Å²) in [5.41, 5.74) is 0. The highest BCUT2D eigenvalue weighted by molar-refractivity contribution is 5.75. The molecule has 0 aromatic rings. The Morgan fingerprint density at radius 1 is 1.16 bits per heavy atom. The SMILES string of the molecule is CCC(C)OCCCCC(=O)NCCCCCOC.[HH]. The monoisotopic (exact) mass is 275 g/mol. The zero-order chi connectivity index (χ0) is 14.3. The molecule has 0 heterocycles. The number of rotatable bonds is 13. The Morgan fingerprint density at radius 3 is 2.58 bits per heavy atom. The van der Waals surface area contributed by atoms with Gasteiger partial charge in [0.1, 0.15) is 0 Å². The van der Waals surface area contributed by atoms with Crippen molar-refractivity contribution < 1.29 is 15.7 Å². The Balaban J connectivity index is 0. The van der Waals surface area contributed by atoms with E-state index in [1.165, 1.54) is 0 Å². The van der Waals surface area contributed by atoms with Gasteiger partial charge in [-0.15, -0.1) is 0 Å². The van der Waals surface area contributed by atoms with Crippen LogP contribution in [0.5, 0.6) is 0 Å². The smallest absolute Gasteiger partial charge is 0.219 e. The molecule has 0 aromatic heterocycles. The maximum Gasteiger partial charge on any atom is 0.219 e. The summed E-state index contributed by atoms with van der Waals surface area (Å²) in [6.07, 6.45) is 7.08. The molecule has 1 unspecified atom stereocenters. The van der Waals surface area contributed by atoms with E-state index in [9.17, 15) is 4.79 Å². The summed E-state index contributed by atoms with van der Waals surface area (Å²) < 4.78 is 10.5. The summed E-state index contributed by atoms with van der Waals surface area (Å²) in [4.78, 5) is 11.5. The van der Waals surface area contributed by atoms with E-state index in [4.69, 9.17) is 9.47 Å². The third kappa shape index (κ3) is 13.6. The van der Waals surface area contributed by atoms with Crippen molar-refractivity contribution in [1.29, 1.82) is 0 Å². The van der Waals surface area contributed by atoms with Gasteiger partial charge in [-0.3, -0.25) is 4.79 Å². The molecule has 0 rings (SSSR count). The molecule has 1 N–H and O–H groups in total. The van der Waals surface area contributed by atoms with Crippen LogP contribution in [0.15, 0.2) is 0 Å². The molecule has 0 saturated heterocycles. The van der Waals surface area contributed by atoms with Gasteiger partial charge in [0.25, 0.3) is 0 Å². The molecule has 116 valence electrons. The van der Waals surface area contributed by atoms with Crippen molar-refractivity contribution in [3.05, 3.63) is 0 Å². The minimum Gasteiger partial charge on any atom is -0.385 e.